The molecule has 2 aromatic rings. The Kier molecular flexibility index (Phi) is 3.85. The lowest BCUT2D eigenvalue weighted by atomic mass is 10.0. The van der Waals surface area contributed by atoms with E-state index in [1.165, 1.54) is 24.3 Å². The van der Waals surface area contributed by atoms with Gasteiger partial charge in [0.1, 0.15) is 5.82 Å². The molecule has 0 atom stereocenters. The van der Waals surface area contributed by atoms with Crippen LogP contribution < -0.4 is 5.73 Å². The zero-order chi connectivity index (χ0) is 14.2. The number of nitrogen functional groups attached to an aromatic ring is 1. The number of nitrogens with zero attached hydrogens (tertiary/aromatic N) is 1. The topological polar surface area (TPSA) is 76.2 Å². The van der Waals surface area contributed by atoms with E-state index < -0.39 is 5.97 Å². The average molecular weight is 318 g/mol. The van der Waals surface area contributed by atoms with Crippen molar-refractivity contribution < 1.29 is 9.90 Å². The van der Waals surface area contributed by atoms with Gasteiger partial charge in [-0.15, -0.1) is 0 Å². The van der Waals surface area contributed by atoms with Gasteiger partial charge in [-0.25, -0.2) is 9.78 Å². The summed E-state index contributed by atoms with van der Waals surface area (Å²) in [7, 11) is 0. The third kappa shape index (κ3) is 2.76. The fourth-order valence-electron chi connectivity index (χ4n) is 1.61. The maximum atomic E-state index is 11.2. The fraction of sp³-hybridized carbons (Fsp3) is 0. The number of anilines is 1. The van der Waals surface area contributed by atoms with Crippen molar-refractivity contribution in [2.75, 3.05) is 5.73 Å². The number of carboxylic acid groups (broad SMARTS) is 1. The molecular formula is C12H7Cl3N2O2. The summed E-state index contributed by atoms with van der Waals surface area (Å²) in [5.74, 6) is -1.11. The van der Waals surface area contributed by atoms with Gasteiger partial charge in [0, 0.05) is 16.1 Å². The first-order valence-electron chi connectivity index (χ1n) is 5.05. The summed E-state index contributed by atoms with van der Waals surface area (Å²) in [5.41, 5.74) is 5.97. The van der Waals surface area contributed by atoms with Gasteiger partial charge >= 0.3 is 5.97 Å². The molecular weight excluding hydrogens is 311 g/mol. The molecule has 3 N–H and O–H groups in total. The molecule has 4 nitrogen and oxygen atoms in total. The van der Waals surface area contributed by atoms with Crippen LogP contribution in [0.5, 0.6) is 0 Å². The summed E-state index contributed by atoms with van der Waals surface area (Å²) >= 11 is 17.9. The van der Waals surface area contributed by atoms with E-state index in [9.17, 15) is 4.79 Å². The van der Waals surface area contributed by atoms with E-state index >= 15 is 0 Å². The second kappa shape index (κ2) is 5.25. The van der Waals surface area contributed by atoms with Crippen molar-refractivity contribution in [2.45, 2.75) is 0 Å². The molecule has 0 aliphatic rings. The van der Waals surface area contributed by atoms with Crippen molar-refractivity contribution in [2.24, 2.45) is 0 Å². The SMILES string of the molecule is Nc1ccc(-c2cc(Cl)cc(Cl)c2Cl)c(C(=O)O)n1. The highest BCUT2D eigenvalue weighted by Crippen LogP contribution is 2.37. The summed E-state index contributed by atoms with van der Waals surface area (Å²) in [6.07, 6.45) is 0. The van der Waals surface area contributed by atoms with Crippen LogP contribution in [0.2, 0.25) is 15.1 Å². The number of hydrogen-bond donors (Lipinski definition) is 2. The number of benzene rings is 1. The third-order valence-electron chi connectivity index (χ3n) is 2.40. The Morgan fingerprint density at radius 2 is 1.84 bits per heavy atom. The minimum atomic E-state index is -1.21. The first kappa shape index (κ1) is 13.9. The second-order valence-corrected chi connectivity index (χ2v) is 4.91. The Morgan fingerprint density at radius 1 is 1.16 bits per heavy atom. The first-order valence-corrected chi connectivity index (χ1v) is 6.18. The summed E-state index contributed by atoms with van der Waals surface area (Å²) in [5, 5.41) is 9.94. The Balaban J connectivity index is 2.75. The number of carbonyl (C=O) groups is 1. The highest BCUT2D eigenvalue weighted by molar-refractivity contribution is 6.45. The van der Waals surface area contributed by atoms with Crippen LogP contribution in [0.25, 0.3) is 11.1 Å². The maximum Gasteiger partial charge on any atom is 0.355 e. The van der Waals surface area contributed by atoms with Gasteiger partial charge in [0.2, 0.25) is 0 Å². The molecule has 1 aromatic carbocycles. The van der Waals surface area contributed by atoms with E-state index in [0.717, 1.165) is 0 Å². The van der Waals surface area contributed by atoms with Gasteiger partial charge in [0.25, 0.3) is 0 Å². The molecule has 0 radical (unpaired) electrons. The molecule has 0 saturated carbocycles. The number of nitrogens with two attached hydrogens (primary N) is 1. The number of halogens is 3. The van der Waals surface area contributed by atoms with Crippen LogP contribution in [0.1, 0.15) is 10.5 Å². The maximum absolute atomic E-state index is 11.2. The first-order chi connectivity index (χ1) is 8.90. The average Bonchev–Trinajstić information content (AvgIpc) is 2.34. The molecule has 0 spiro atoms. The molecule has 0 amide bonds. The molecule has 98 valence electrons. The van der Waals surface area contributed by atoms with Crippen LogP contribution in [0.4, 0.5) is 5.82 Å². The van der Waals surface area contributed by atoms with Crippen molar-refractivity contribution in [3.63, 3.8) is 0 Å². The monoisotopic (exact) mass is 316 g/mol. The normalized spacial score (nSPS) is 10.5. The van der Waals surface area contributed by atoms with E-state index in [0.29, 0.717) is 16.1 Å². The number of hydrogen-bond acceptors (Lipinski definition) is 3. The van der Waals surface area contributed by atoms with Crippen LogP contribution in [-0.4, -0.2) is 16.1 Å². The second-order valence-electron chi connectivity index (χ2n) is 3.69. The van der Waals surface area contributed by atoms with E-state index in [2.05, 4.69) is 4.98 Å². The lowest BCUT2D eigenvalue weighted by Crippen LogP contribution is -2.05. The molecule has 0 unspecified atom stereocenters. The lowest BCUT2D eigenvalue weighted by Gasteiger charge is -2.10. The number of aromatic carboxylic acids is 1. The minimum Gasteiger partial charge on any atom is -0.476 e. The van der Waals surface area contributed by atoms with Gasteiger partial charge in [-0.1, -0.05) is 34.8 Å². The van der Waals surface area contributed by atoms with Crippen LogP contribution in [-0.2, 0) is 0 Å². The molecule has 19 heavy (non-hydrogen) atoms. The molecule has 1 aromatic heterocycles. The molecule has 1 heterocycles. The van der Waals surface area contributed by atoms with Gasteiger partial charge in [-0.2, -0.15) is 0 Å². The van der Waals surface area contributed by atoms with Crippen molar-refractivity contribution in [1.82, 2.24) is 4.98 Å². The molecule has 7 heteroatoms. The summed E-state index contributed by atoms with van der Waals surface area (Å²) in [6.45, 7) is 0. The zero-order valence-corrected chi connectivity index (χ0v) is 11.6. The van der Waals surface area contributed by atoms with Gasteiger partial charge in [-0.3, -0.25) is 0 Å². The Labute approximate surface area is 123 Å². The fourth-order valence-corrected chi connectivity index (χ4v) is 2.31. The van der Waals surface area contributed by atoms with Gasteiger partial charge in [0.15, 0.2) is 5.69 Å². The number of aromatic nitrogens is 1. The van der Waals surface area contributed by atoms with Gasteiger partial charge in [-0.05, 0) is 24.3 Å². The summed E-state index contributed by atoms with van der Waals surface area (Å²) in [6, 6.07) is 5.99. The Hall–Kier alpha value is -1.49. The highest BCUT2D eigenvalue weighted by atomic mass is 35.5. The molecule has 2 rings (SSSR count). The standard InChI is InChI=1S/C12H7Cl3N2O2/c13-5-3-7(10(15)8(14)4-5)6-1-2-9(16)17-11(6)12(18)19/h1-4H,(H2,16,17)(H,18,19). The van der Waals surface area contributed by atoms with E-state index in [1.807, 2.05) is 0 Å². The van der Waals surface area contributed by atoms with Crippen LogP contribution in [0.15, 0.2) is 24.3 Å². The quantitative estimate of drug-likeness (QED) is 0.821. The number of pyridine rings is 1. The summed E-state index contributed by atoms with van der Waals surface area (Å²) < 4.78 is 0. The van der Waals surface area contributed by atoms with Crippen LogP contribution in [0.3, 0.4) is 0 Å². The van der Waals surface area contributed by atoms with Crippen molar-refractivity contribution in [1.29, 1.82) is 0 Å². The van der Waals surface area contributed by atoms with Crippen molar-refractivity contribution >= 4 is 46.6 Å². The van der Waals surface area contributed by atoms with Crippen molar-refractivity contribution in [3.8, 4) is 11.1 Å². The van der Waals surface area contributed by atoms with Gasteiger partial charge in [0.05, 0.1) is 10.0 Å². The predicted molar refractivity (Wildman–Crippen MR) is 76.1 cm³/mol. The Morgan fingerprint density at radius 3 is 2.47 bits per heavy atom. The van der Waals surface area contributed by atoms with Crippen LogP contribution >= 0.6 is 34.8 Å². The van der Waals surface area contributed by atoms with E-state index in [4.69, 9.17) is 45.6 Å². The van der Waals surface area contributed by atoms with E-state index in [-0.39, 0.29) is 21.6 Å². The largest absolute Gasteiger partial charge is 0.476 e. The lowest BCUT2D eigenvalue weighted by molar-refractivity contribution is 0.0691. The van der Waals surface area contributed by atoms with Crippen LogP contribution in [0, 0.1) is 0 Å². The molecule has 0 aliphatic carbocycles. The van der Waals surface area contributed by atoms with Gasteiger partial charge < -0.3 is 10.8 Å². The van der Waals surface area contributed by atoms with Crippen molar-refractivity contribution in [3.05, 3.63) is 45.0 Å². The predicted octanol–water partition coefficient (Wildman–Crippen LogP) is 3.99. The third-order valence-corrected chi connectivity index (χ3v) is 3.42. The summed E-state index contributed by atoms with van der Waals surface area (Å²) in [4.78, 5) is 15.0. The zero-order valence-electron chi connectivity index (χ0n) is 9.32. The molecule has 0 fully saturated rings. The highest BCUT2D eigenvalue weighted by Gasteiger charge is 2.18. The van der Waals surface area contributed by atoms with E-state index in [1.54, 1.807) is 0 Å². The minimum absolute atomic E-state index is 0.102. The number of rotatable bonds is 2. The molecule has 0 bridgehead atoms. The smallest absolute Gasteiger partial charge is 0.355 e. The molecule has 0 saturated heterocycles. The Bertz CT molecular complexity index is 674. The number of carboxylic acids is 1. The molecule has 0 aliphatic heterocycles.